The fraction of sp³-hybridized carbons (Fsp3) is 0.211. The lowest BCUT2D eigenvalue weighted by atomic mass is 10.0. The average molecular weight is 342 g/mol. The second-order valence-corrected chi connectivity index (χ2v) is 6.03. The van der Waals surface area contributed by atoms with Crippen LogP contribution >= 0.6 is 11.8 Å². The number of thioether (sulfide) groups is 1. The Balaban J connectivity index is 2.20. The van der Waals surface area contributed by atoms with Gasteiger partial charge in [0.1, 0.15) is 17.2 Å². The van der Waals surface area contributed by atoms with Gasteiger partial charge in [0, 0.05) is 27.7 Å². The largest absolute Gasteiger partial charge is 0.497 e. The van der Waals surface area contributed by atoms with Crippen LogP contribution in [0.1, 0.15) is 21.5 Å². The monoisotopic (exact) mass is 342 g/mol. The van der Waals surface area contributed by atoms with Crippen LogP contribution in [0.15, 0.2) is 36.4 Å². The van der Waals surface area contributed by atoms with Crippen molar-refractivity contribution in [1.29, 1.82) is 0 Å². The molecule has 0 spiro atoms. The molecule has 0 aliphatic heterocycles. The molecule has 0 atom stereocenters. The van der Waals surface area contributed by atoms with E-state index < -0.39 is 0 Å². The highest BCUT2D eigenvalue weighted by Gasteiger charge is 2.33. The molecule has 2 aromatic carbocycles. The van der Waals surface area contributed by atoms with E-state index in [9.17, 15) is 4.79 Å². The average Bonchev–Trinajstić information content (AvgIpc) is 2.93. The summed E-state index contributed by atoms with van der Waals surface area (Å²) in [7, 11) is 4.80. The lowest BCUT2D eigenvalue weighted by molar-refractivity contribution is 0.105. The Morgan fingerprint density at radius 3 is 2.08 bits per heavy atom. The van der Waals surface area contributed by atoms with Crippen molar-refractivity contribution in [3.05, 3.63) is 53.1 Å². The molecule has 5 heteroatoms. The molecule has 1 aliphatic carbocycles. The van der Waals surface area contributed by atoms with Crippen molar-refractivity contribution in [2.24, 2.45) is 0 Å². The highest BCUT2D eigenvalue weighted by molar-refractivity contribution is 8.08. The molecule has 0 fully saturated rings. The Kier molecular flexibility index (Phi) is 4.53. The summed E-state index contributed by atoms with van der Waals surface area (Å²) in [6, 6.07) is 11.1. The second kappa shape index (κ2) is 6.61. The minimum atomic E-state index is -0.0169. The van der Waals surface area contributed by atoms with Crippen molar-refractivity contribution in [3.8, 4) is 17.2 Å². The maximum atomic E-state index is 13.0. The van der Waals surface area contributed by atoms with Crippen LogP contribution in [0, 0.1) is 0 Å². The molecule has 0 amide bonds. The van der Waals surface area contributed by atoms with Gasteiger partial charge < -0.3 is 14.2 Å². The molecule has 0 bridgehead atoms. The molecule has 0 saturated heterocycles. The van der Waals surface area contributed by atoms with Gasteiger partial charge in [-0.3, -0.25) is 4.79 Å². The van der Waals surface area contributed by atoms with Crippen molar-refractivity contribution in [3.63, 3.8) is 0 Å². The zero-order chi connectivity index (χ0) is 17.3. The molecule has 1 aliphatic rings. The van der Waals surface area contributed by atoms with Crippen LogP contribution < -0.4 is 14.2 Å². The molecular formula is C19H18O4S. The quantitative estimate of drug-likeness (QED) is 0.817. The molecule has 0 unspecified atom stereocenters. The highest BCUT2D eigenvalue weighted by atomic mass is 32.2. The molecule has 3 rings (SSSR count). The van der Waals surface area contributed by atoms with Crippen molar-refractivity contribution in [2.45, 2.75) is 0 Å². The van der Waals surface area contributed by atoms with E-state index in [0.717, 1.165) is 21.8 Å². The number of benzene rings is 2. The zero-order valence-electron chi connectivity index (χ0n) is 14.0. The van der Waals surface area contributed by atoms with Gasteiger partial charge in [-0.2, -0.15) is 0 Å². The van der Waals surface area contributed by atoms with E-state index in [1.54, 1.807) is 45.2 Å². The number of Topliss-reactive ketones (excluding diaryl/α,β-unsaturated/α-hetero) is 1. The number of rotatable bonds is 5. The lowest BCUT2D eigenvalue weighted by Crippen LogP contribution is -2.00. The maximum Gasteiger partial charge on any atom is 0.195 e. The molecule has 124 valence electrons. The van der Waals surface area contributed by atoms with Crippen LogP contribution in [-0.4, -0.2) is 33.4 Å². The Morgan fingerprint density at radius 2 is 1.54 bits per heavy atom. The van der Waals surface area contributed by atoms with Gasteiger partial charge in [-0.1, -0.05) is 12.1 Å². The van der Waals surface area contributed by atoms with Crippen LogP contribution in [0.25, 0.3) is 10.5 Å². The van der Waals surface area contributed by atoms with Gasteiger partial charge in [-0.15, -0.1) is 11.8 Å². The Hall–Kier alpha value is -2.40. The van der Waals surface area contributed by atoms with E-state index in [1.165, 1.54) is 0 Å². The second-order valence-electron chi connectivity index (χ2n) is 5.22. The first-order valence-electron chi connectivity index (χ1n) is 7.38. The first kappa shape index (κ1) is 16.5. The Labute approximate surface area is 145 Å². The van der Waals surface area contributed by atoms with E-state index in [2.05, 4.69) is 0 Å². The minimum Gasteiger partial charge on any atom is -0.497 e. The molecule has 0 saturated carbocycles. The van der Waals surface area contributed by atoms with Crippen LogP contribution in [0.5, 0.6) is 17.2 Å². The molecule has 24 heavy (non-hydrogen) atoms. The number of ether oxygens (including phenoxy) is 3. The zero-order valence-corrected chi connectivity index (χ0v) is 14.8. The molecule has 0 heterocycles. The number of methoxy groups -OCH3 is 3. The summed E-state index contributed by atoms with van der Waals surface area (Å²) in [5, 5.41) is 0. The van der Waals surface area contributed by atoms with E-state index >= 15 is 0 Å². The van der Waals surface area contributed by atoms with E-state index in [4.69, 9.17) is 14.2 Å². The van der Waals surface area contributed by atoms with Gasteiger partial charge >= 0.3 is 0 Å². The van der Waals surface area contributed by atoms with Crippen molar-refractivity contribution in [2.75, 3.05) is 27.6 Å². The molecule has 0 aromatic heterocycles. The normalized spacial score (nSPS) is 13.1. The van der Waals surface area contributed by atoms with Gasteiger partial charge in [0.2, 0.25) is 0 Å². The van der Waals surface area contributed by atoms with Crippen molar-refractivity contribution in [1.82, 2.24) is 0 Å². The first-order valence-corrected chi connectivity index (χ1v) is 8.60. The fourth-order valence-corrected chi connectivity index (χ4v) is 3.70. The summed E-state index contributed by atoms with van der Waals surface area (Å²) in [5.74, 6) is 1.99. The Bertz CT molecular complexity index is 822. The summed E-state index contributed by atoms with van der Waals surface area (Å²) < 4.78 is 16.0. The summed E-state index contributed by atoms with van der Waals surface area (Å²) in [4.78, 5) is 14.0. The van der Waals surface area contributed by atoms with Gasteiger partial charge in [0.05, 0.1) is 21.3 Å². The fourth-order valence-electron chi connectivity index (χ4n) is 2.87. The molecule has 2 aromatic rings. The lowest BCUT2D eigenvalue weighted by Gasteiger charge is -2.11. The number of allylic oxidation sites excluding steroid dienone is 1. The topological polar surface area (TPSA) is 44.8 Å². The SMILES string of the molecule is COc1ccc(C2=C(SC)c3c(OC)cc(OC)cc3C2=O)cc1. The molecular weight excluding hydrogens is 324 g/mol. The summed E-state index contributed by atoms with van der Waals surface area (Å²) >= 11 is 1.54. The minimum absolute atomic E-state index is 0.0169. The van der Waals surface area contributed by atoms with Crippen LogP contribution in [-0.2, 0) is 0 Å². The number of hydrogen-bond donors (Lipinski definition) is 0. The number of ketones is 1. The smallest absolute Gasteiger partial charge is 0.195 e. The van der Waals surface area contributed by atoms with Gasteiger partial charge in [0.15, 0.2) is 5.78 Å². The predicted molar refractivity (Wildman–Crippen MR) is 97.2 cm³/mol. The summed E-state index contributed by atoms with van der Waals surface area (Å²) in [6.07, 6.45) is 1.96. The summed E-state index contributed by atoms with van der Waals surface area (Å²) in [6.45, 7) is 0. The van der Waals surface area contributed by atoms with Crippen LogP contribution in [0.3, 0.4) is 0 Å². The van der Waals surface area contributed by atoms with Crippen molar-refractivity contribution >= 4 is 28.0 Å². The Morgan fingerprint density at radius 1 is 0.875 bits per heavy atom. The molecule has 0 radical (unpaired) electrons. The van der Waals surface area contributed by atoms with E-state index in [-0.39, 0.29) is 5.78 Å². The number of fused-ring (bicyclic) bond motifs is 1. The van der Waals surface area contributed by atoms with E-state index in [1.807, 2.05) is 30.5 Å². The highest BCUT2D eigenvalue weighted by Crippen LogP contribution is 2.49. The third-order valence-electron chi connectivity index (χ3n) is 4.04. The molecule has 4 nitrogen and oxygen atoms in total. The van der Waals surface area contributed by atoms with Gasteiger partial charge in [-0.25, -0.2) is 0 Å². The third-order valence-corrected chi connectivity index (χ3v) is 4.86. The first-order chi connectivity index (χ1) is 11.6. The standard InChI is InChI=1S/C19H18O4S/c1-21-12-7-5-11(6-8-12)16-18(20)14-9-13(22-2)10-15(23-3)17(14)19(16)24-4/h5-10H,1-4H3. The van der Waals surface area contributed by atoms with Crippen molar-refractivity contribution < 1.29 is 19.0 Å². The number of carbonyl (C=O) groups excluding carboxylic acids is 1. The van der Waals surface area contributed by atoms with Gasteiger partial charge in [0.25, 0.3) is 0 Å². The van der Waals surface area contributed by atoms with Crippen LogP contribution in [0.2, 0.25) is 0 Å². The molecule has 0 N–H and O–H groups in total. The summed E-state index contributed by atoms with van der Waals surface area (Å²) in [5.41, 5.74) is 3.00. The number of carbonyl (C=O) groups is 1. The number of hydrogen-bond acceptors (Lipinski definition) is 5. The van der Waals surface area contributed by atoms with E-state index in [0.29, 0.717) is 22.6 Å². The maximum absolute atomic E-state index is 13.0. The third kappa shape index (κ3) is 2.55. The van der Waals surface area contributed by atoms with Gasteiger partial charge in [-0.05, 0) is 30.0 Å². The van der Waals surface area contributed by atoms with Crippen LogP contribution in [0.4, 0.5) is 0 Å². The predicted octanol–water partition coefficient (Wildman–Crippen LogP) is 4.14.